The van der Waals surface area contributed by atoms with Gasteiger partial charge in [-0.1, -0.05) is 0 Å². The Morgan fingerprint density at radius 3 is 2.87 bits per heavy atom. The second-order valence-electron chi connectivity index (χ2n) is 2.94. The number of aromatic nitrogens is 1. The molecule has 15 heavy (non-hydrogen) atoms. The molecule has 1 N–H and O–H groups in total. The van der Waals surface area contributed by atoms with Gasteiger partial charge in [-0.05, 0) is 24.3 Å². The van der Waals surface area contributed by atoms with Gasteiger partial charge in [0.15, 0.2) is 10.5 Å². The second kappa shape index (κ2) is 3.35. The third kappa shape index (κ3) is 1.38. The van der Waals surface area contributed by atoms with Gasteiger partial charge in [-0.3, -0.25) is 4.98 Å². The number of benzene rings is 1. The Morgan fingerprint density at radius 1 is 1.40 bits per heavy atom. The van der Waals surface area contributed by atoms with E-state index in [1.54, 1.807) is 24.4 Å². The maximum Gasteiger partial charge on any atom is 0.408 e. The fourth-order valence-corrected chi connectivity index (χ4v) is 1.42. The Hall–Kier alpha value is -2.48. The van der Waals surface area contributed by atoms with Crippen LogP contribution in [0.1, 0.15) is 10.4 Å². The minimum absolute atomic E-state index is 0.0353. The maximum atomic E-state index is 10.8. The van der Waals surface area contributed by atoms with Crippen LogP contribution in [0, 0.1) is 5.39 Å². The molecule has 2 rings (SSSR count). The van der Waals surface area contributed by atoms with Gasteiger partial charge in [0.2, 0.25) is 5.39 Å². The summed E-state index contributed by atoms with van der Waals surface area (Å²) in [4.78, 5) is 17.9. The normalized spacial score (nSPS) is 9.80. The fraction of sp³-hybridized carbons (Fsp3) is 0. The zero-order chi connectivity index (χ0) is 10.8. The first-order valence-electron chi connectivity index (χ1n) is 4.20. The van der Waals surface area contributed by atoms with E-state index in [9.17, 15) is 4.79 Å². The van der Waals surface area contributed by atoms with Crippen molar-refractivity contribution in [2.24, 2.45) is 0 Å². The summed E-state index contributed by atoms with van der Waals surface area (Å²) in [7, 11) is 0. The number of hydrogen-bond acceptors (Lipinski definition) is 3. The van der Waals surface area contributed by atoms with Gasteiger partial charge in [0.05, 0.1) is 10.9 Å². The lowest BCUT2D eigenvalue weighted by Gasteiger charge is -1.95. The van der Waals surface area contributed by atoms with E-state index in [0.717, 1.165) is 0 Å². The van der Waals surface area contributed by atoms with Gasteiger partial charge in [-0.2, -0.15) is 0 Å². The van der Waals surface area contributed by atoms with Crippen LogP contribution in [0.4, 0.5) is 5.69 Å². The third-order valence-electron chi connectivity index (χ3n) is 2.09. The van der Waals surface area contributed by atoms with Crippen LogP contribution in [0.3, 0.4) is 0 Å². The Morgan fingerprint density at radius 2 is 2.20 bits per heavy atom. The van der Waals surface area contributed by atoms with Crippen molar-refractivity contribution in [3.8, 4) is 0 Å². The molecule has 72 valence electrons. The molecule has 0 saturated heterocycles. The molecule has 0 aliphatic carbocycles. The molecule has 1 aromatic heterocycles. The van der Waals surface area contributed by atoms with E-state index < -0.39 is 5.97 Å². The number of carbonyl (C=O) groups is 1. The molecule has 0 unspecified atom stereocenters. The van der Waals surface area contributed by atoms with Crippen molar-refractivity contribution in [2.75, 3.05) is 0 Å². The molecule has 5 heteroatoms. The first kappa shape index (κ1) is 9.09. The molecule has 0 saturated carbocycles. The molecule has 0 spiro atoms. The van der Waals surface area contributed by atoms with E-state index in [4.69, 9.17) is 10.5 Å². The highest BCUT2D eigenvalue weighted by Crippen LogP contribution is 2.28. The summed E-state index contributed by atoms with van der Waals surface area (Å²) in [5.41, 5.74) is 0.585. The number of aromatic carboxylic acids is 1. The topological polar surface area (TPSA) is 78.3 Å². The molecule has 0 aliphatic heterocycles. The predicted octanol–water partition coefficient (Wildman–Crippen LogP) is 2.42. The smallest absolute Gasteiger partial charge is 0.408 e. The lowest BCUT2D eigenvalue weighted by Crippen LogP contribution is -1.96. The van der Waals surface area contributed by atoms with Gasteiger partial charge in [0.25, 0.3) is 0 Å². The van der Waals surface area contributed by atoms with E-state index in [0.29, 0.717) is 10.9 Å². The first-order valence-corrected chi connectivity index (χ1v) is 4.20. The zero-order valence-electron chi connectivity index (χ0n) is 7.58. The first-order chi connectivity index (χ1) is 7.24. The van der Waals surface area contributed by atoms with E-state index in [1.807, 2.05) is 0 Å². The summed E-state index contributed by atoms with van der Waals surface area (Å²) in [6.45, 7) is 0. The van der Waals surface area contributed by atoms with Crippen molar-refractivity contribution in [2.45, 2.75) is 0 Å². The fourth-order valence-electron chi connectivity index (χ4n) is 1.42. The lowest BCUT2D eigenvalue weighted by atomic mass is 10.1. The summed E-state index contributed by atoms with van der Waals surface area (Å²) >= 11 is 0. The second-order valence-corrected chi connectivity index (χ2v) is 2.94. The van der Waals surface area contributed by atoms with Crippen LogP contribution in [0.25, 0.3) is 15.9 Å². The van der Waals surface area contributed by atoms with Gasteiger partial charge in [0.1, 0.15) is 0 Å². The van der Waals surface area contributed by atoms with Crippen LogP contribution in [0.2, 0.25) is 0 Å². The average Bonchev–Trinajstić information content (AvgIpc) is 2.27. The van der Waals surface area contributed by atoms with Crippen LogP contribution in [-0.4, -0.2) is 16.1 Å². The van der Waals surface area contributed by atoms with E-state index >= 15 is 0 Å². The molecule has 0 aliphatic rings. The van der Waals surface area contributed by atoms with Gasteiger partial charge in [-0.25, -0.2) is 4.79 Å². The van der Waals surface area contributed by atoms with Crippen molar-refractivity contribution in [3.63, 3.8) is 0 Å². The minimum Gasteiger partial charge on any atom is -0.477 e. The third-order valence-corrected chi connectivity index (χ3v) is 2.09. The molecule has 1 heterocycles. The molecule has 0 radical (unpaired) electrons. The van der Waals surface area contributed by atoms with E-state index in [1.165, 1.54) is 6.07 Å². The van der Waals surface area contributed by atoms with Crippen molar-refractivity contribution >= 4 is 22.6 Å². The average molecular weight is 200 g/mol. The van der Waals surface area contributed by atoms with Gasteiger partial charge in [-0.15, -0.1) is 0 Å². The van der Waals surface area contributed by atoms with Crippen molar-refractivity contribution < 1.29 is 9.90 Å². The van der Waals surface area contributed by atoms with E-state index in [-0.39, 0.29) is 11.3 Å². The van der Waals surface area contributed by atoms with Gasteiger partial charge >= 0.3 is 11.7 Å². The molecule has 5 nitrogen and oxygen atoms in total. The Bertz CT molecular complexity index is 587. The summed E-state index contributed by atoms with van der Waals surface area (Å²) in [5, 5.41) is 18.2. The number of hydrogen-bond donors (Lipinski definition) is 1. The number of nitrogens with zero attached hydrogens (tertiary/aromatic N) is 3. The van der Waals surface area contributed by atoms with Crippen molar-refractivity contribution in [1.29, 1.82) is 5.39 Å². The molecule has 2 aromatic rings. The number of pyridine rings is 1. The lowest BCUT2D eigenvalue weighted by molar-refractivity contribution is 0.0698. The van der Waals surface area contributed by atoms with Gasteiger partial charge in [0, 0.05) is 6.20 Å². The highest BCUT2D eigenvalue weighted by molar-refractivity contribution is 6.04. The van der Waals surface area contributed by atoms with Gasteiger partial charge < -0.3 is 5.11 Å². The summed E-state index contributed by atoms with van der Waals surface area (Å²) in [6.07, 6.45) is 1.59. The highest BCUT2D eigenvalue weighted by atomic mass is 16.4. The summed E-state index contributed by atoms with van der Waals surface area (Å²) < 4.78 is 0. The molecular weight excluding hydrogens is 194 g/mol. The van der Waals surface area contributed by atoms with Crippen LogP contribution in [0.5, 0.6) is 0 Å². The molecule has 0 fully saturated rings. The number of carboxylic acid groups (broad SMARTS) is 1. The highest BCUT2D eigenvalue weighted by Gasteiger charge is 2.23. The molecule has 1 aromatic carbocycles. The summed E-state index contributed by atoms with van der Waals surface area (Å²) in [5.74, 6) is -1.13. The largest absolute Gasteiger partial charge is 0.477 e. The van der Waals surface area contributed by atoms with Crippen LogP contribution < -0.4 is 0 Å². The number of fused-ring (bicyclic) bond motifs is 1. The van der Waals surface area contributed by atoms with Crippen molar-refractivity contribution in [1.82, 2.24) is 4.98 Å². The minimum atomic E-state index is -1.13. The molecule has 0 atom stereocenters. The Balaban J connectivity index is 2.89. The Labute approximate surface area is 84.6 Å². The quantitative estimate of drug-likeness (QED) is 0.717. The summed E-state index contributed by atoms with van der Waals surface area (Å²) in [6, 6.07) is 6.26. The molecule has 0 bridgehead atoms. The number of diazo groups is 1. The number of rotatable bonds is 1. The van der Waals surface area contributed by atoms with Crippen LogP contribution >= 0.6 is 0 Å². The maximum absolute atomic E-state index is 10.8. The molecule has 0 amide bonds. The standard InChI is InChI=1S/C10H5N3O2/c11-13-9-6-2-1-5-12-8(6)4-3-7(9)10(14)15/h1-5H/p+1. The monoisotopic (exact) mass is 200 g/mol. The zero-order valence-corrected chi connectivity index (χ0v) is 7.58. The van der Waals surface area contributed by atoms with E-state index in [2.05, 4.69) is 9.96 Å². The molecular formula is C10H6N3O2+. The van der Waals surface area contributed by atoms with Crippen LogP contribution in [0.15, 0.2) is 30.5 Å². The Kier molecular flexibility index (Phi) is 2.03. The number of carboxylic acids is 1. The predicted molar refractivity (Wildman–Crippen MR) is 53.4 cm³/mol. The SMILES string of the molecule is N#[N+]c1c(C(=O)O)ccc2ncccc12. The van der Waals surface area contributed by atoms with Crippen molar-refractivity contribution in [3.05, 3.63) is 41.0 Å². The van der Waals surface area contributed by atoms with Crippen LogP contribution in [-0.2, 0) is 0 Å².